The molecule has 0 spiro atoms. The molecule has 2 aliphatic rings. The predicted molar refractivity (Wildman–Crippen MR) is 124 cm³/mol. The van der Waals surface area contributed by atoms with Crippen molar-refractivity contribution in [2.75, 3.05) is 0 Å². The average Bonchev–Trinajstić information content (AvgIpc) is 2.95. The van der Waals surface area contributed by atoms with Gasteiger partial charge in [0.05, 0.1) is 16.6 Å². The van der Waals surface area contributed by atoms with Crippen LogP contribution in [0.5, 0.6) is 5.75 Å². The molecule has 0 radical (unpaired) electrons. The van der Waals surface area contributed by atoms with Crippen molar-refractivity contribution in [2.24, 2.45) is 4.99 Å². The van der Waals surface area contributed by atoms with E-state index in [1.54, 1.807) is 23.9 Å². The van der Waals surface area contributed by atoms with Crippen LogP contribution in [0.2, 0.25) is 0 Å². The Bertz CT molecular complexity index is 1310. The van der Waals surface area contributed by atoms with E-state index in [-0.39, 0.29) is 17.2 Å². The number of aliphatic imine (C=N–C) groups is 1. The average molecular weight is 442 g/mol. The maximum absolute atomic E-state index is 12.0. The maximum Gasteiger partial charge on any atom is 0.308 e. The van der Waals surface area contributed by atoms with Gasteiger partial charge in [-0.25, -0.2) is 4.99 Å². The van der Waals surface area contributed by atoms with Gasteiger partial charge < -0.3 is 9.47 Å². The molecule has 0 amide bonds. The van der Waals surface area contributed by atoms with Crippen LogP contribution in [-0.4, -0.2) is 17.7 Å². The minimum absolute atomic E-state index is 0.175. The van der Waals surface area contributed by atoms with E-state index in [1.165, 1.54) is 13.8 Å². The zero-order valence-corrected chi connectivity index (χ0v) is 18.3. The summed E-state index contributed by atoms with van der Waals surface area (Å²) in [7, 11) is 0. The van der Waals surface area contributed by atoms with Gasteiger partial charge in [0.1, 0.15) is 11.5 Å². The van der Waals surface area contributed by atoms with Gasteiger partial charge in [0.25, 0.3) is 0 Å². The highest BCUT2D eigenvalue weighted by atomic mass is 32.2. The lowest BCUT2D eigenvalue weighted by Gasteiger charge is -2.19. The Labute approximate surface area is 189 Å². The summed E-state index contributed by atoms with van der Waals surface area (Å²) in [5.41, 5.74) is 5.34. The maximum atomic E-state index is 12.0. The van der Waals surface area contributed by atoms with Crippen LogP contribution < -0.4 is 4.74 Å². The van der Waals surface area contributed by atoms with Crippen molar-refractivity contribution in [1.82, 2.24) is 0 Å². The molecule has 3 aromatic rings. The molecule has 0 saturated carbocycles. The fraction of sp³-hybridized carbons (Fsp3) is 0.115. The number of hydrogen-bond donors (Lipinski definition) is 0. The van der Waals surface area contributed by atoms with E-state index in [0.29, 0.717) is 11.5 Å². The molecule has 5 nitrogen and oxygen atoms in total. The third-order valence-corrected chi connectivity index (χ3v) is 6.56. The molecule has 1 aliphatic carbocycles. The quantitative estimate of drug-likeness (QED) is 0.376. The minimum atomic E-state index is -0.376. The van der Waals surface area contributed by atoms with Crippen LogP contribution in [0.1, 0.15) is 35.8 Å². The molecule has 0 N–H and O–H groups in total. The third-order valence-electron chi connectivity index (χ3n) is 5.22. The van der Waals surface area contributed by atoms with Gasteiger partial charge in [0, 0.05) is 35.4 Å². The number of nitrogens with zero attached hydrogens (tertiary/aromatic N) is 1. The number of rotatable bonds is 3. The lowest BCUT2D eigenvalue weighted by molar-refractivity contribution is -0.134. The van der Waals surface area contributed by atoms with Crippen molar-refractivity contribution in [2.45, 2.75) is 24.0 Å². The fourth-order valence-electron chi connectivity index (χ4n) is 3.97. The second-order valence-corrected chi connectivity index (χ2v) is 8.62. The van der Waals surface area contributed by atoms with Crippen molar-refractivity contribution in [1.29, 1.82) is 0 Å². The van der Waals surface area contributed by atoms with Crippen LogP contribution in [0.15, 0.2) is 88.3 Å². The van der Waals surface area contributed by atoms with E-state index in [9.17, 15) is 9.59 Å². The number of thioether (sulfide) groups is 1. The molecular weight excluding hydrogens is 422 g/mol. The lowest BCUT2D eigenvalue weighted by atomic mass is 10.00. The molecule has 158 valence electrons. The largest absolute Gasteiger partial charge is 0.427 e. The van der Waals surface area contributed by atoms with Crippen molar-refractivity contribution in [3.63, 3.8) is 0 Å². The van der Waals surface area contributed by atoms with Crippen LogP contribution in [0.3, 0.4) is 0 Å². The number of carbonyl (C=O) groups is 2. The Morgan fingerprint density at radius 2 is 1.47 bits per heavy atom. The fourth-order valence-corrected chi connectivity index (χ4v) is 5.24. The molecule has 5 rings (SSSR count). The van der Waals surface area contributed by atoms with Crippen LogP contribution in [0.25, 0.3) is 5.76 Å². The summed E-state index contributed by atoms with van der Waals surface area (Å²) in [5.74, 6) is 0.287. The Hall–Kier alpha value is -3.64. The van der Waals surface area contributed by atoms with E-state index in [0.717, 1.165) is 38.6 Å². The van der Waals surface area contributed by atoms with E-state index < -0.39 is 0 Å². The molecule has 1 aliphatic heterocycles. The van der Waals surface area contributed by atoms with Gasteiger partial charge >= 0.3 is 11.9 Å². The number of fused-ring (bicyclic) bond motifs is 4. The monoisotopic (exact) mass is 441 g/mol. The Kier molecular flexibility index (Phi) is 5.15. The van der Waals surface area contributed by atoms with Crippen molar-refractivity contribution in [3.05, 3.63) is 95.1 Å². The van der Waals surface area contributed by atoms with Crippen molar-refractivity contribution < 1.29 is 19.1 Å². The molecule has 1 heterocycles. The van der Waals surface area contributed by atoms with Gasteiger partial charge in [0.2, 0.25) is 0 Å². The SMILES string of the molecule is CC(=O)OC1=C2C(=Nc3ccccc3SC2c2ccc(OC(C)=O)cc2)c2ccccc21. The van der Waals surface area contributed by atoms with E-state index >= 15 is 0 Å². The number of hydrogen-bond acceptors (Lipinski definition) is 6. The highest BCUT2D eigenvalue weighted by molar-refractivity contribution is 8.00. The van der Waals surface area contributed by atoms with E-state index in [2.05, 4.69) is 0 Å². The van der Waals surface area contributed by atoms with E-state index in [1.807, 2.05) is 60.7 Å². The van der Waals surface area contributed by atoms with Crippen LogP contribution >= 0.6 is 11.8 Å². The zero-order chi connectivity index (χ0) is 22.2. The first-order valence-corrected chi connectivity index (χ1v) is 11.0. The summed E-state index contributed by atoms with van der Waals surface area (Å²) in [5, 5.41) is -0.175. The Morgan fingerprint density at radius 1 is 0.812 bits per heavy atom. The van der Waals surface area contributed by atoms with Gasteiger partial charge in [-0.1, -0.05) is 48.5 Å². The Balaban J connectivity index is 1.72. The van der Waals surface area contributed by atoms with Gasteiger partial charge in [0.15, 0.2) is 0 Å². The summed E-state index contributed by atoms with van der Waals surface area (Å²) in [6.07, 6.45) is 0. The normalized spacial score (nSPS) is 16.3. The minimum Gasteiger partial charge on any atom is -0.427 e. The second kappa shape index (κ2) is 8.13. The summed E-state index contributed by atoms with van der Waals surface area (Å²) in [6.45, 7) is 2.79. The number of para-hydroxylation sites is 1. The van der Waals surface area contributed by atoms with Crippen molar-refractivity contribution in [3.8, 4) is 5.75 Å². The van der Waals surface area contributed by atoms with Crippen LogP contribution in [0, 0.1) is 0 Å². The standard InChI is InChI=1S/C26H19NO4S/c1-15(28)30-18-13-11-17(12-14-18)26-23-24(27-21-9-5-6-10-22(21)32-26)19-7-3-4-8-20(19)25(23)31-16(2)29/h3-14,26H,1-2H3. The van der Waals surface area contributed by atoms with E-state index in [4.69, 9.17) is 14.5 Å². The molecule has 0 saturated heterocycles. The molecule has 32 heavy (non-hydrogen) atoms. The highest BCUT2D eigenvalue weighted by Crippen LogP contribution is 2.53. The smallest absolute Gasteiger partial charge is 0.308 e. The molecule has 3 aromatic carbocycles. The second-order valence-electron chi connectivity index (χ2n) is 7.47. The molecule has 0 fully saturated rings. The number of esters is 2. The predicted octanol–water partition coefficient (Wildman–Crippen LogP) is 5.87. The molecular formula is C26H19NO4S. The van der Waals surface area contributed by atoms with Crippen LogP contribution in [-0.2, 0) is 14.3 Å². The van der Waals surface area contributed by atoms with Gasteiger partial charge in [-0.3, -0.25) is 9.59 Å². The number of carbonyl (C=O) groups excluding carboxylic acids is 2. The topological polar surface area (TPSA) is 65.0 Å². The number of benzene rings is 3. The zero-order valence-electron chi connectivity index (χ0n) is 17.5. The third kappa shape index (κ3) is 3.63. The molecule has 1 unspecified atom stereocenters. The molecule has 6 heteroatoms. The first-order chi connectivity index (χ1) is 15.5. The van der Waals surface area contributed by atoms with Crippen LogP contribution in [0.4, 0.5) is 5.69 Å². The van der Waals surface area contributed by atoms with Crippen molar-refractivity contribution >= 4 is 40.9 Å². The summed E-state index contributed by atoms with van der Waals surface area (Å²) >= 11 is 1.66. The summed E-state index contributed by atoms with van der Waals surface area (Å²) in [4.78, 5) is 29.4. The van der Waals surface area contributed by atoms with Gasteiger partial charge in [-0.2, -0.15) is 0 Å². The summed E-state index contributed by atoms with van der Waals surface area (Å²) < 4.78 is 11.0. The summed E-state index contributed by atoms with van der Waals surface area (Å²) in [6, 6.07) is 23.3. The first-order valence-electron chi connectivity index (χ1n) is 10.2. The lowest BCUT2D eigenvalue weighted by Crippen LogP contribution is -2.09. The molecule has 0 bridgehead atoms. The molecule has 0 aromatic heterocycles. The van der Waals surface area contributed by atoms with Gasteiger partial charge in [-0.05, 0) is 29.8 Å². The van der Waals surface area contributed by atoms with Gasteiger partial charge in [-0.15, -0.1) is 11.8 Å². The number of ether oxygens (including phenoxy) is 2. The highest BCUT2D eigenvalue weighted by Gasteiger charge is 2.38. The molecule has 1 atom stereocenters. The first kappa shape index (κ1) is 20.3. The Morgan fingerprint density at radius 3 is 2.19 bits per heavy atom.